The molecule has 0 saturated heterocycles. The summed E-state index contributed by atoms with van der Waals surface area (Å²) >= 11 is 6.28. The molecule has 0 unspecified atom stereocenters. The Morgan fingerprint density at radius 3 is 2.85 bits per heavy atom. The largest absolute Gasteiger partial charge is 0.302 e. The van der Waals surface area contributed by atoms with Gasteiger partial charge in [-0.25, -0.2) is 0 Å². The van der Waals surface area contributed by atoms with Crippen LogP contribution in [0, 0.1) is 0 Å². The Morgan fingerprint density at radius 2 is 2.15 bits per heavy atom. The monoisotopic (exact) mass is 288 g/mol. The fourth-order valence-electron chi connectivity index (χ4n) is 2.99. The van der Waals surface area contributed by atoms with E-state index >= 15 is 0 Å². The molecule has 0 radical (unpaired) electrons. The molecule has 0 atom stereocenters. The fraction of sp³-hybridized carbons (Fsp3) is 0.471. The summed E-state index contributed by atoms with van der Waals surface area (Å²) in [5.41, 5.74) is 6.31. The Morgan fingerprint density at radius 1 is 1.35 bits per heavy atom. The summed E-state index contributed by atoms with van der Waals surface area (Å²) in [7, 11) is 2.16. The Kier molecular flexibility index (Phi) is 3.70. The van der Waals surface area contributed by atoms with Crippen LogP contribution in [-0.4, -0.2) is 23.5 Å². The summed E-state index contributed by atoms with van der Waals surface area (Å²) in [6.07, 6.45) is 1.03. The quantitative estimate of drug-likeness (QED) is 0.774. The minimum absolute atomic E-state index is 0.529. The zero-order chi connectivity index (χ0) is 14.3. The van der Waals surface area contributed by atoms with Gasteiger partial charge in [0.2, 0.25) is 0 Å². The maximum Gasteiger partial charge on any atom is 0.0708 e. The van der Waals surface area contributed by atoms with E-state index in [0.29, 0.717) is 11.8 Å². The van der Waals surface area contributed by atoms with Crippen molar-refractivity contribution in [1.29, 1.82) is 0 Å². The molecular formula is C17H21ClN2. The molecule has 3 heteroatoms. The van der Waals surface area contributed by atoms with Crippen LogP contribution in [0.4, 0.5) is 0 Å². The standard InChI is InChI=1S/C17H21ClN2/c1-11(2)12-4-5-16-13(8-12)14(9-18)15-10-20(3)7-6-17(15)19-16/h4-5,8,11H,6-7,9-10H2,1-3H3. The first-order chi connectivity index (χ1) is 9.60. The molecule has 0 saturated carbocycles. The first-order valence-electron chi connectivity index (χ1n) is 7.29. The number of pyridine rings is 1. The van der Waals surface area contributed by atoms with Crippen molar-refractivity contribution < 1.29 is 0 Å². The van der Waals surface area contributed by atoms with Gasteiger partial charge in [0.25, 0.3) is 0 Å². The minimum Gasteiger partial charge on any atom is -0.302 e. The second kappa shape index (κ2) is 5.34. The fourth-order valence-corrected chi connectivity index (χ4v) is 3.30. The Balaban J connectivity index is 2.25. The van der Waals surface area contributed by atoms with E-state index in [2.05, 4.69) is 44.0 Å². The summed E-state index contributed by atoms with van der Waals surface area (Å²) in [6, 6.07) is 6.62. The van der Waals surface area contributed by atoms with Crippen LogP contribution in [0.1, 0.15) is 42.1 Å². The molecule has 1 aliphatic rings. The predicted octanol–water partition coefficient (Wildman–Crippen LogP) is 4.08. The van der Waals surface area contributed by atoms with Gasteiger partial charge in [-0.1, -0.05) is 19.9 Å². The smallest absolute Gasteiger partial charge is 0.0708 e. The van der Waals surface area contributed by atoms with E-state index in [1.807, 2.05) is 0 Å². The molecule has 1 aromatic carbocycles. The zero-order valence-electron chi connectivity index (χ0n) is 12.4. The molecular weight excluding hydrogens is 268 g/mol. The number of hydrogen-bond acceptors (Lipinski definition) is 2. The van der Waals surface area contributed by atoms with Gasteiger partial charge in [-0.05, 0) is 41.8 Å². The van der Waals surface area contributed by atoms with Gasteiger partial charge in [-0.2, -0.15) is 0 Å². The molecule has 0 aliphatic carbocycles. The van der Waals surface area contributed by atoms with E-state index in [9.17, 15) is 0 Å². The average Bonchev–Trinajstić information content (AvgIpc) is 2.44. The summed E-state index contributed by atoms with van der Waals surface area (Å²) in [5, 5.41) is 1.24. The van der Waals surface area contributed by atoms with Crippen molar-refractivity contribution in [3.05, 3.63) is 40.6 Å². The van der Waals surface area contributed by atoms with Gasteiger partial charge in [0.15, 0.2) is 0 Å². The molecule has 0 spiro atoms. The number of likely N-dealkylation sites (N-methyl/N-ethyl adjacent to an activating group) is 1. The lowest BCUT2D eigenvalue weighted by Crippen LogP contribution is -2.28. The van der Waals surface area contributed by atoms with Gasteiger partial charge < -0.3 is 4.90 Å². The number of rotatable bonds is 2. The summed E-state index contributed by atoms with van der Waals surface area (Å²) in [6.45, 7) is 6.49. The van der Waals surface area contributed by atoms with Crippen LogP contribution in [0.15, 0.2) is 18.2 Å². The lowest BCUT2D eigenvalue weighted by molar-refractivity contribution is 0.309. The van der Waals surface area contributed by atoms with Crippen molar-refractivity contribution in [3.63, 3.8) is 0 Å². The van der Waals surface area contributed by atoms with Crippen LogP contribution >= 0.6 is 11.6 Å². The van der Waals surface area contributed by atoms with Crippen molar-refractivity contribution in [3.8, 4) is 0 Å². The SMILES string of the molecule is CC(C)c1ccc2nc3c(c(CCl)c2c1)CN(C)CC3. The van der Waals surface area contributed by atoms with E-state index in [0.717, 1.165) is 25.0 Å². The summed E-state index contributed by atoms with van der Waals surface area (Å²) < 4.78 is 0. The molecule has 0 fully saturated rings. The van der Waals surface area contributed by atoms with Gasteiger partial charge in [0.05, 0.1) is 5.52 Å². The predicted molar refractivity (Wildman–Crippen MR) is 85.4 cm³/mol. The molecule has 1 aliphatic heterocycles. The van der Waals surface area contributed by atoms with Crippen molar-refractivity contribution in [2.24, 2.45) is 0 Å². The molecule has 2 nitrogen and oxygen atoms in total. The van der Waals surface area contributed by atoms with Crippen molar-refractivity contribution in [2.45, 2.75) is 38.6 Å². The number of alkyl halides is 1. The van der Waals surface area contributed by atoms with Gasteiger partial charge in [-0.3, -0.25) is 4.98 Å². The second-order valence-corrected chi connectivity index (χ2v) is 6.34. The third-order valence-corrected chi connectivity index (χ3v) is 4.54. The first kappa shape index (κ1) is 13.8. The van der Waals surface area contributed by atoms with Crippen molar-refractivity contribution >= 4 is 22.5 Å². The van der Waals surface area contributed by atoms with Crippen LogP contribution in [-0.2, 0) is 18.8 Å². The Bertz CT molecular complexity index is 649. The lowest BCUT2D eigenvalue weighted by atomic mass is 9.94. The topological polar surface area (TPSA) is 16.1 Å². The number of aromatic nitrogens is 1. The number of halogens is 1. The Labute approximate surface area is 125 Å². The van der Waals surface area contributed by atoms with E-state index in [1.165, 1.54) is 27.8 Å². The third-order valence-electron chi connectivity index (χ3n) is 4.27. The van der Waals surface area contributed by atoms with Gasteiger partial charge in [0, 0.05) is 36.5 Å². The van der Waals surface area contributed by atoms with Gasteiger partial charge in [-0.15, -0.1) is 11.6 Å². The average molecular weight is 289 g/mol. The zero-order valence-corrected chi connectivity index (χ0v) is 13.2. The molecule has 2 heterocycles. The van der Waals surface area contributed by atoms with Crippen LogP contribution in [0.2, 0.25) is 0 Å². The van der Waals surface area contributed by atoms with Crippen LogP contribution < -0.4 is 0 Å². The summed E-state index contributed by atoms with van der Waals surface area (Å²) in [5.74, 6) is 1.10. The first-order valence-corrected chi connectivity index (χ1v) is 7.82. The highest BCUT2D eigenvalue weighted by molar-refractivity contribution is 6.18. The number of fused-ring (bicyclic) bond motifs is 2. The summed E-state index contributed by atoms with van der Waals surface area (Å²) in [4.78, 5) is 7.22. The number of hydrogen-bond donors (Lipinski definition) is 0. The minimum atomic E-state index is 0.529. The molecule has 1 aromatic heterocycles. The number of benzene rings is 1. The molecule has 0 amide bonds. The van der Waals surface area contributed by atoms with Gasteiger partial charge in [0.1, 0.15) is 0 Å². The molecule has 106 valence electrons. The third kappa shape index (κ3) is 2.32. The molecule has 2 aromatic rings. The van der Waals surface area contributed by atoms with Crippen LogP contribution in [0.25, 0.3) is 10.9 Å². The van der Waals surface area contributed by atoms with Crippen molar-refractivity contribution in [1.82, 2.24) is 9.88 Å². The number of nitrogens with zero attached hydrogens (tertiary/aromatic N) is 2. The molecule has 20 heavy (non-hydrogen) atoms. The molecule has 3 rings (SSSR count). The van der Waals surface area contributed by atoms with E-state index in [-0.39, 0.29) is 0 Å². The molecule has 0 N–H and O–H groups in total. The highest BCUT2D eigenvalue weighted by Crippen LogP contribution is 2.30. The highest BCUT2D eigenvalue weighted by Gasteiger charge is 2.20. The van der Waals surface area contributed by atoms with E-state index in [1.54, 1.807) is 0 Å². The van der Waals surface area contributed by atoms with E-state index < -0.39 is 0 Å². The molecule has 0 bridgehead atoms. The highest BCUT2D eigenvalue weighted by atomic mass is 35.5. The van der Waals surface area contributed by atoms with Gasteiger partial charge >= 0.3 is 0 Å². The normalized spacial score (nSPS) is 15.8. The van der Waals surface area contributed by atoms with Crippen LogP contribution in [0.3, 0.4) is 0 Å². The van der Waals surface area contributed by atoms with Crippen LogP contribution in [0.5, 0.6) is 0 Å². The lowest BCUT2D eigenvalue weighted by Gasteiger charge is -2.27. The van der Waals surface area contributed by atoms with Crippen molar-refractivity contribution in [2.75, 3.05) is 13.6 Å². The maximum atomic E-state index is 6.28. The van der Waals surface area contributed by atoms with E-state index in [4.69, 9.17) is 16.6 Å². The Hall–Kier alpha value is -1.12. The second-order valence-electron chi connectivity index (χ2n) is 6.07. The maximum absolute atomic E-state index is 6.28.